The molecule has 2 N–H and O–H groups in total. The number of hydrogen-bond donors (Lipinski definition) is 2. The third-order valence-corrected chi connectivity index (χ3v) is 4.47. The molecule has 0 aliphatic heterocycles. The average Bonchev–Trinajstić information content (AvgIpc) is 3.32. The van der Waals surface area contributed by atoms with Crippen LogP contribution in [0.25, 0.3) is 11.5 Å². The molecule has 0 spiro atoms. The Morgan fingerprint density at radius 1 is 1.15 bits per heavy atom. The molecule has 3 aromatic heterocycles. The van der Waals surface area contributed by atoms with Gasteiger partial charge in [-0.05, 0) is 36.4 Å². The summed E-state index contributed by atoms with van der Waals surface area (Å²) in [5.41, 5.74) is 1.88. The van der Waals surface area contributed by atoms with Crippen LogP contribution >= 0.6 is 11.3 Å². The highest BCUT2D eigenvalue weighted by atomic mass is 32.1. The standard InChI is InChI=1S/C19H14N4O3S/c24-15-6-5-13(17(25)9-15)10-21-23-16(18-4-2-8-26-18)12-27-19(23)22-14-3-1-7-20-11-14/h1-12,24-25H/b21-10+,22-19?. The zero-order valence-electron chi connectivity index (χ0n) is 13.9. The third-order valence-electron chi connectivity index (χ3n) is 3.66. The zero-order valence-corrected chi connectivity index (χ0v) is 14.7. The number of aromatic nitrogens is 2. The Morgan fingerprint density at radius 3 is 2.81 bits per heavy atom. The van der Waals surface area contributed by atoms with E-state index in [0.29, 0.717) is 21.8 Å². The molecule has 27 heavy (non-hydrogen) atoms. The van der Waals surface area contributed by atoms with Gasteiger partial charge in [-0.3, -0.25) is 4.98 Å². The second kappa shape index (κ2) is 7.30. The molecule has 4 aromatic rings. The maximum atomic E-state index is 9.97. The Bertz CT molecular complexity index is 1150. The number of phenolic OH excluding ortho intramolecular Hbond substituents is 2. The molecule has 0 unspecified atom stereocenters. The van der Waals surface area contributed by atoms with Crippen LogP contribution in [0.1, 0.15) is 5.56 Å². The Hall–Kier alpha value is -3.65. The van der Waals surface area contributed by atoms with Crippen LogP contribution in [-0.2, 0) is 0 Å². The number of pyridine rings is 1. The molecule has 0 aliphatic rings. The van der Waals surface area contributed by atoms with Gasteiger partial charge in [0.1, 0.15) is 17.2 Å². The summed E-state index contributed by atoms with van der Waals surface area (Å²) >= 11 is 1.40. The highest BCUT2D eigenvalue weighted by molar-refractivity contribution is 7.07. The fraction of sp³-hybridized carbons (Fsp3) is 0. The minimum Gasteiger partial charge on any atom is -0.508 e. The van der Waals surface area contributed by atoms with Gasteiger partial charge in [-0.2, -0.15) is 5.10 Å². The lowest BCUT2D eigenvalue weighted by molar-refractivity contribution is 0.450. The van der Waals surface area contributed by atoms with E-state index in [1.54, 1.807) is 35.5 Å². The fourth-order valence-electron chi connectivity index (χ4n) is 2.37. The Labute approximate surface area is 157 Å². The predicted octanol–water partition coefficient (Wildman–Crippen LogP) is 3.73. The highest BCUT2D eigenvalue weighted by Gasteiger charge is 2.10. The number of hydrogen-bond acceptors (Lipinski definition) is 7. The Morgan fingerprint density at radius 2 is 2.07 bits per heavy atom. The summed E-state index contributed by atoms with van der Waals surface area (Å²) in [4.78, 5) is 9.26. The van der Waals surface area contributed by atoms with Gasteiger partial charge in [0.25, 0.3) is 0 Å². The van der Waals surface area contributed by atoms with Crippen molar-refractivity contribution in [3.05, 3.63) is 76.9 Å². The number of phenols is 2. The SMILES string of the molecule is Oc1ccc(/C=N/n2c(-c3ccco3)csc2=Nc2cccnc2)c(O)c1. The molecular weight excluding hydrogens is 364 g/mol. The topological polar surface area (TPSA) is 96.1 Å². The van der Waals surface area contributed by atoms with E-state index in [-0.39, 0.29) is 11.5 Å². The van der Waals surface area contributed by atoms with Gasteiger partial charge in [0, 0.05) is 23.2 Å². The molecule has 1 aromatic carbocycles. The molecule has 3 heterocycles. The Balaban J connectivity index is 1.83. The molecule has 0 radical (unpaired) electrons. The summed E-state index contributed by atoms with van der Waals surface area (Å²) in [6, 6.07) is 11.6. The highest BCUT2D eigenvalue weighted by Crippen LogP contribution is 2.23. The van der Waals surface area contributed by atoms with Crippen LogP contribution in [0.4, 0.5) is 5.69 Å². The number of aromatic hydroxyl groups is 2. The number of thiazole rings is 1. The van der Waals surface area contributed by atoms with E-state index in [1.807, 2.05) is 23.6 Å². The van der Waals surface area contributed by atoms with Gasteiger partial charge in [0.2, 0.25) is 4.80 Å². The monoisotopic (exact) mass is 378 g/mol. The molecule has 0 aliphatic carbocycles. The van der Waals surface area contributed by atoms with Crippen molar-refractivity contribution in [1.82, 2.24) is 9.66 Å². The van der Waals surface area contributed by atoms with E-state index in [2.05, 4.69) is 15.1 Å². The first-order valence-corrected chi connectivity index (χ1v) is 8.84. The third kappa shape index (κ3) is 3.65. The lowest BCUT2D eigenvalue weighted by atomic mass is 10.2. The van der Waals surface area contributed by atoms with Crippen molar-refractivity contribution in [2.75, 3.05) is 0 Å². The van der Waals surface area contributed by atoms with Crippen molar-refractivity contribution < 1.29 is 14.6 Å². The summed E-state index contributed by atoms with van der Waals surface area (Å²) in [7, 11) is 0. The normalized spacial score (nSPS) is 12.1. The molecule has 0 saturated heterocycles. The van der Waals surface area contributed by atoms with Crippen molar-refractivity contribution in [2.24, 2.45) is 10.1 Å². The summed E-state index contributed by atoms with van der Waals surface area (Å²) in [5, 5.41) is 25.8. The molecule has 0 saturated carbocycles. The first kappa shape index (κ1) is 16.8. The van der Waals surface area contributed by atoms with Crippen molar-refractivity contribution in [2.45, 2.75) is 0 Å². The first-order chi connectivity index (χ1) is 13.2. The lowest BCUT2D eigenvalue weighted by Gasteiger charge is -2.02. The molecule has 8 heteroatoms. The van der Waals surface area contributed by atoms with E-state index in [0.717, 1.165) is 5.69 Å². The molecular formula is C19H14N4O3S. The summed E-state index contributed by atoms with van der Waals surface area (Å²) < 4.78 is 7.12. The molecule has 0 bridgehead atoms. The van der Waals surface area contributed by atoms with E-state index >= 15 is 0 Å². The van der Waals surface area contributed by atoms with Crippen LogP contribution in [0.5, 0.6) is 11.5 Å². The van der Waals surface area contributed by atoms with Crippen LogP contribution in [-0.4, -0.2) is 26.1 Å². The minimum atomic E-state index is -0.0696. The van der Waals surface area contributed by atoms with Gasteiger partial charge in [-0.15, -0.1) is 11.3 Å². The Kier molecular flexibility index (Phi) is 4.54. The fourth-order valence-corrected chi connectivity index (χ4v) is 3.21. The number of nitrogens with zero attached hydrogens (tertiary/aromatic N) is 4. The maximum absolute atomic E-state index is 9.97. The van der Waals surface area contributed by atoms with Crippen LogP contribution in [0.3, 0.4) is 0 Å². The van der Waals surface area contributed by atoms with Gasteiger partial charge in [0.15, 0.2) is 5.76 Å². The smallest absolute Gasteiger partial charge is 0.211 e. The van der Waals surface area contributed by atoms with Crippen LogP contribution in [0.15, 0.2) is 81.0 Å². The van der Waals surface area contributed by atoms with Gasteiger partial charge in [0.05, 0.1) is 24.4 Å². The summed E-state index contributed by atoms with van der Waals surface area (Å²) in [6.45, 7) is 0. The number of furan rings is 1. The lowest BCUT2D eigenvalue weighted by Crippen LogP contribution is -2.11. The van der Waals surface area contributed by atoms with E-state index in [9.17, 15) is 10.2 Å². The molecule has 134 valence electrons. The number of benzene rings is 1. The summed E-state index contributed by atoms with van der Waals surface area (Å²) in [5.74, 6) is 0.558. The molecule has 4 rings (SSSR count). The second-order valence-electron chi connectivity index (χ2n) is 5.50. The van der Waals surface area contributed by atoms with Crippen LogP contribution < -0.4 is 4.80 Å². The van der Waals surface area contributed by atoms with E-state index < -0.39 is 0 Å². The molecule has 0 fully saturated rings. The van der Waals surface area contributed by atoms with E-state index in [1.165, 1.54) is 29.7 Å². The minimum absolute atomic E-state index is 0.0172. The largest absolute Gasteiger partial charge is 0.508 e. The van der Waals surface area contributed by atoms with E-state index in [4.69, 9.17) is 4.42 Å². The molecule has 7 nitrogen and oxygen atoms in total. The van der Waals surface area contributed by atoms with Gasteiger partial charge in [-0.25, -0.2) is 9.67 Å². The second-order valence-corrected chi connectivity index (χ2v) is 6.34. The number of rotatable bonds is 4. The van der Waals surface area contributed by atoms with Crippen LogP contribution in [0.2, 0.25) is 0 Å². The van der Waals surface area contributed by atoms with Crippen molar-refractivity contribution >= 4 is 23.2 Å². The van der Waals surface area contributed by atoms with Crippen LogP contribution in [0, 0.1) is 0 Å². The van der Waals surface area contributed by atoms with Crippen molar-refractivity contribution in [3.63, 3.8) is 0 Å². The molecule has 0 atom stereocenters. The maximum Gasteiger partial charge on any atom is 0.211 e. The van der Waals surface area contributed by atoms with Gasteiger partial charge < -0.3 is 14.6 Å². The quantitative estimate of drug-likeness (QED) is 0.529. The average molecular weight is 378 g/mol. The molecule has 0 amide bonds. The van der Waals surface area contributed by atoms with Gasteiger partial charge in [-0.1, -0.05) is 0 Å². The first-order valence-electron chi connectivity index (χ1n) is 7.96. The van der Waals surface area contributed by atoms with Gasteiger partial charge >= 0.3 is 0 Å². The predicted molar refractivity (Wildman–Crippen MR) is 102 cm³/mol. The van der Waals surface area contributed by atoms with Crippen molar-refractivity contribution in [3.8, 4) is 23.0 Å². The zero-order chi connectivity index (χ0) is 18.6. The summed E-state index contributed by atoms with van der Waals surface area (Å²) in [6.07, 6.45) is 6.43. The van der Waals surface area contributed by atoms with Crippen molar-refractivity contribution in [1.29, 1.82) is 0 Å².